The lowest BCUT2D eigenvalue weighted by molar-refractivity contribution is -0.147. The van der Waals surface area contributed by atoms with E-state index < -0.39 is 12.2 Å². The lowest BCUT2D eigenvalue weighted by Crippen LogP contribution is -2.65. The van der Waals surface area contributed by atoms with Crippen LogP contribution in [0, 0.1) is 5.92 Å². The highest BCUT2D eigenvalue weighted by Gasteiger charge is 2.55. The molecular formula is C33H39N5O3. The van der Waals surface area contributed by atoms with Crippen molar-refractivity contribution < 1.29 is 14.4 Å². The number of rotatable bonds is 9. The minimum absolute atomic E-state index is 0.0521. The second-order valence-corrected chi connectivity index (χ2v) is 11.0. The highest BCUT2D eigenvalue weighted by atomic mass is 16.2. The van der Waals surface area contributed by atoms with Gasteiger partial charge in [-0.2, -0.15) is 0 Å². The predicted octanol–water partition coefficient (Wildman–Crippen LogP) is 5.29. The fraction of sp³-hybridized carbons (Fsp3) is 0.364. The topological polar surface area (TPSA) is 76.2 Å². The first-order valence-electron chi connectivity index (χ1n) is 14.5. The molecule has 3 aromatic rings. The summed E-state index contributed by atoms with van der Waals surface area (Å²) >= 11 is 0. The Hall–Kier alpha value is -4.33. The Morgan fingerprint density at radius 3 is 2.02 bits per heavy atom. The number of amides is 5. The number of fused-ring (bicyclic) bond motifs is 1. The van der Waals surface area contributed by atoms with E-state index in [9.17, 15) is 14.4 Å². The van der Waals surface area contributed by atoms with Crippen molar-refractivity contribution in [1.29, 1.82) is 0 Å². The molecule has 5 rings (SSSR count). The molecule has 0 spiro atoms. The van der Waals surface area contributed by atoms with Gasteiger partial charge < -0.3 is 10.2 Å². The molecule has 0 aliphatic carbocycles. The van der Waals surface area contributed by atoms with Gasteiger partial charge in [0, 0.05) is 26.1 Å². The molecule has 0 radical (unpaired) electrons. The van der Waals surface area contributed by atoms with Gasteiger partial charge in [-0.1, -0.05) is 111 Å². The molecule has 214 valence electrons. The quantitative estimate of drug-likeness (QED) is 0.392. The number of urea groups is 2. The number of hydrazine groups is 1. The van der Waals surface area contributed by atoms with Gasteiger partial charge in [0.1, 0.15) is 12.2 Å². The minimum Gasteiger partial charge on any atom is -0.337 e. The Labute approximate surface area is 242 Å². The van der Waals surface area contributed by atoms with Crippen LogP contribution < -0.4 is 5.32 Å². The van der Waals surface area contributed by atoms with E-state index in [0.717, 1.165) is 18.4 Å². The van der Waals surface area contributed by atoms with E-state index in [1.54, 1.807) is 11.9 Å². The van der Waals surface area contributed by atoms with Crippen LogP contribution >= 0.6 is 0 Å². The zero-order chi connectivity index (χ0) is 28.9. The van der Waals surface area contributed by atoms with E-state index in [1.165, 1.54) is 21.1 Å². The molecule has 2 aliphatic heterocycles. The monoisotopic (exact) mass is 553 g/mol. The zero-order valence-corrected chi connectivity index (χ0v) is 24.0. The smallest absolute Gasteiger partial charge is 0.337 e. The van der Waals surface area contributed by atoms with Crippen LogP contribution in [0.2, 0.25) is 0 Å². The number of carbonyl (C=O) groups is 3. The largest absolute Gasteiger partial charge is 0.341 e. The number of hydrogen-bond donors (Lipinski definition) is 1. The average molecular weight is 554 g/mol. The number of piperazine rings is 1. The predicted molar refractivity (Wildman–Crippen MR) is 158 cm³/mol. The molecule has 2 heterocycles. The maximum Gasteiger partial charge on any atom is 0.341 e. The first-order valence-corrected chi connectivity index (χ1v) is 14.5. The van der Waals surface area contributed by atoms with Gasteiger partial charge in [-0.3, -0.25) is 9.69 Å². The van der Waals surface area contributed by atoms with Gasteiger partial charge in [-0.15, -0.1) is 0 Å². The molecule has 3 aromatic carbocycles. The van der Waals surface area contributed by atoms with Crippen LogP contribution in [0.15, 0.2) is 91.0 Å². The molecular weight excluding hydrogens is 514 g/mol. The molecule has 3 atom stereocenters. The summed E-state index contributed by atoms with van der Waals surface area (Å²) in [5.41, 5.74) is 3.36. The molecule has 2 aliphatic rings. The Bertz CT molecular complexity index is 1300. The average Bonchev–Trinajstić information content (AvgIpc) is 3.26. The Kier molecular flexibility index (Phi) is 8.57. The van der Waals surface area contributed by atoms with E-state index in [4.69, 9.17) is 0 Å². The van der Waals surface area contributed by atoms with Gasteiger partial charge in [-0.25, -0.2) is 19.6 Å². The molecule has 0 aromatic heterocycles. The molecule has 2 saturated heterocycles. The van der Waals surface area contributed by atoms with Gasteiger partial charge >= 0.3 is 12.1 Å². The highest BCUT2D eigenvalue weighted by molar-refractivity contribution is 5.92. The van der Waals surface area contributed by atoms with Crippen LogP contribution in [0.5, 0.6) is 0 Å². The van der Waals surface area contributed by atoms with E-state index in [0.29, 0.717) is 13.1 Å². The van der Waals surface area contributed by atoms with Crippen molar-refractivity contribution in [3.8, 4) is 0 Å². The van der Waals surface area contributed by atoms with Gasteiger partial charge in [0.25, 0.3) is 0 Å². The number of hydrogen-bond acceptors (Lipinski definition) is 3. The van der Waals surface area contributed by atoms with Crippen molar-refractivity contribution >= 4 is 18.0 Å². The summed E-state index contributed by atoms with van der Waals surface area (Å²) in [6, 6.07) is 29.1. The minimum atomic E-state index is -0.632. The summed E-state index contributed by atoms with van der Waals surface area (Å²) in [4.78, 5) is 44.5. The third kappa shape index (κ3) is 5.78. The normalized spacial score (nSPS) is 19.5. The first-order chi connectivity index (χ1) is 19.9. The Morgan fingerprint density at radius 2 is 1.46 bits per heavy atom. The lowest BCUT2D eigenvalue weighted by Gasteiger charge is -2.45. The van der Waals surface area contributed by atoms with E-state index in [2.05, 4.69) is 29.6 Å². The van der Waals surface area contributed by atoms with E-state index >= 15 is 0 Å². The number of carbonyl (C=O) groups excluding carboxylic acids is 3. The molecule has 1 unspecified atom stereocenters. The van der Waals surface area contributed by atoms with Crippen molar-refractivity contribution in [2.75, 3.05) is 20.1 Å². The van der Waals surface area contributed by atoms with Gasteiger partial charge in [0.15, 0.2) is 0 Å². The summed E-state index contributed by atoms with van der Waals surface area (Å²) in [6.07, 6.45) is 0.886. The first kappa shape index (κ1) is 28.2. The lowest BCUT2D eigenvalue weighted by atomic mass is 9.88. The maximum atomic E-state index is 14.0. The van der Waals surface area contributed by atoms with Crippen LogP contribution in [0.1, 0.15) is 49.3 Å². The van der Waals surface area contributed by atoms with Crippen LogP contribution in [-0.2, 0) is 11.3 Å². The van der Waals surface area contributed by atoms with Gasteiger partial charge in [0.05, 0.1) is 6.54 Å². The highest BCUT2D eigenvalue weighted by Crippen LogP contribution is 2.34. The van der Waals surface area contributed by atoms with Crippen molar-refractivity contribution in [2.45, 2.75) is 51.4 Å². The molecule has 0 bridgehead atoms. The third-order valence-corrected chi connectivity index (χ3v) is 8.44. The van der Waals surface area contributed by atoms with Crippen LogP contribution in [-0.4, -0.2) is 70.1 Å². The molecule has 41 heavy (non-hydrogen) atoms. The third-order valence-electron chi connectivity index (χ3n) is 8.44. The summed E-state index contributed by atoms with van der Waals surface area (Å²) in [5.74, 6) is 0.00345. The van der Waals surface area contributed by atoms with Crippen molar-refractivity contribution in [2.24, 2.45) is 5.92 Å². The zero-order valence-electron chi connectivity index (χ0n) is 24.0. The van der Waals surface area contributed by atoms with Crippen molar-refractivity contribution in [3.05, 3.63) is 108 Å². The van der Waals surface area contributed by atoms with Crippen LogP contribution in [0.25, 0.3) is 0 Å². The number of nitrogens with one attached hydrogen (secondary N) is 1. The van der Waals surface area contributed by atoms with Gasteiger partial charge in [-0.05, 0) is 29.0 Å². The van der Waals surface area contributed by atoms with Crippen LogP contribution in [0.3, 0.4) is 0 Å². The summed E-state index contributed by atoms with van der Waals surface area (Å²) in [7, 11) is 1.60. The Balaban J connectivity index is 1.39. The molecule has 8 heteroatoms. The maximum absolute atomic E-state index is 14.0. The fourth-order valence-corrected chi connectivity index (χ4v) is 6.02. The Morgan fingerprint density at radius 1 is 0.902 bits per heavy atom. The molecule has 2 fully saturated rings. The van der Waals surface area contributed by atoms with E-state index in [-0.39, 0.29) is 36.3 Å². The summed E-state index contributed by atoms with van der Waals surface area (Å²) < 4.78 is 0. The van der Waals surface area contributed by atoms with Crippen molar-refractivity contribution in [1.82, 2.24) is 25.1 Å². The summed E-state index contributed by atoms with van der Waals surface area (Å²) in [5, 5.41) is 5.80. The SMILES string of the molecule is CCC(C)[C@H]1C(=O)N(CCC(c2ccccc2)c2ccccc2)C[C@H]2N1C(=O)N(C)N2C(=O)NCc1ccccc1. The standard InChI is InChI=1S/C33H39N5O3/c1-4-24(2)30-31(39)36(21-20-28(26-16-10-6-11-17-26)27-18-12-7-13-19-27)23-29-37(30)33(41)35(3)38(29)32(40)34-22-25-14-8-5-9-15-25/h5-19,24,28-30H,4,20-23H2,1-3H3,(H,34,40)/t24?,29-,30-/m0/s1. The second kappa shape index (κ2) is 12.5. The summed E-state index contributed by atoms with van der Waals surface area (Å²) in [6.45, 7) is 5.16. The van der Waals surface area contributed by atoms with Gasteiger partial charge in [0.2, 0.25) is 5.91 Å². The molecule has 8 nitrogen and oxygen atoms in total. The number of nitrogens with zero attached hydrogens (tertiary/aromatic N) is 4. The fourth-order valence-electron chi connectivity index (χ4n) is 6.02. The van der Waals surface area contributed by atoms with Crippen LogP contribution in [0.4, 0.5) is 9.59 Å². The van der Waals surface area contributed by atoms with E-state index in [1.807, 2.05) is 85.5 Å². The molecule has 0 saturated carbocycles. The number of benzene rings is 3. The van der Waals surface area contributed by atoms with Crippen molar-refractivity contribution in [3.63, 3.8) is 0 Å². The molecule has 5 amide bonds. The second-order valence-electron chi connectivity index (χ2n) is 11.0. The molecule has 1 N–H and O–H groups in total.